The van der Waals surface area contributed by atoms with Crippen LogP contribution in [0, 0.1) is 0 Å². The van der Waals surface area contributed by atoms with Crippen molar-refractivity contribution in [3.05, 3.63) is 22.6 Å². The van der Waals surface area contributed by atoms with Crippen LogP contribution in [0.1, 0.15) is 20.3 Å². The average Bonchev–Trinajstić information content (AvgIpc) is 2.24. The molecule has 0 radical (unpaired) electrons. The quantitative estimate of drug-likeness (QED) is 0.763. The number of hydrogen-bond acceptors (Lipinski definition) is 4. The van der Waals surface area contributed by atoms with Gasteiger partial charge in [0.05, 0.1) is 6.10 Å². The predicted octanol–water partition coefficient (Wildman–Crippen LogP) is 0.964. The lowest BCUT2D eigenvalue weighted by atomic mass is 10.3. The Kier molecular flexibility index (Phi) is 4.83. The van der Waals surface area contributed by atoms with Gasteiger partial charge in [0.1, 0.15) is 6.61 Å². The van der Waals surface area contributed by atoms with E-state index < -0.39 is 0 Å². The lowest BCUT2D eigenvalue weighted by molar-refractivity contribution is 0.0230. The van der Waals surface area contributed by atoms with Gasteiger partial charge in [0.15, 0.2) is 0 Å². The molecule has 15 heavy (non-hydrogen) atoms. The van der Waals surface area contributed by atoms with Crippen molar-refractivity contribution >= 4 is 0 Å². The second kappa shape index (κ2) is 6.19. The van der Waals surface area contributed by atoms with Crippen LogP contribution in [0.3, 0.4) is 0 Å². The van der Waals surface area contributed by atoms with Crippen LogP contribution in [-0.2, 0) is 4.74 Å². The maximum atomic E-state index is 10.9. The van der Waals surface area contributed by atoms with E-state index in [1.807, 2.05) is 13.8 Å². The third-order valence-corrected chi connectivity index (χ3v) is 1.91. The molecule has 0 aromatic carbocycles. The van der Waals surface area contributed by atoms with Gasteiger partial charge >= 0.3 is 0 Å². The zero-order chi connectivity index (χ0) is 11.1. The minimum absolute atomic E-state index is 0.0421. The summed E-state index contributed by atoms with van der Waals surface area (Å²) in [5.41, 5.74) is -0.218. The van der Waals surface area contributed by atoms with Gasteiger partial charge in [-0.15, -0.1) is 0 Å². The minimum atomic E-state index is -0.218. The van der Waals surface area contributed by atoms with Gasteiger partial charge in [0, 0.05) is 18.9 Å². The average molecular weight is 212 g/mol. The molecular weight excluding hydrogens is 196 g/mol. The summed E-state index contributed by atoms with van der Waals surface area (Å²) < 4.78 is 10.7. The van der Waals surface area contributed by atoms with E-state index in [0.29, 0.717) is 13.2 Å². The van der Waals surface area contributed by atoms with E-state index in [1.54, 1.807) is 0 Å². The first-order valence-corrected chi connectivity index (χ1v) is 5.06. The number of nitrogens with zero attached hydrogens (tertiary/aromatic N) is 1. The van der Waals surface area contributed by atoms with Crippen molar-refractivity contribution in [3.8, 4) is 6.01 Å². The molecule has 0 bridgehead atoms. The first-order valence-electron chi connectivity index (χ1n) is 5.06. The Morgan fingerprint density at radius 3 is 2.93 bits per heavy atom. The number of aromatic amines is 1. The SMILES string of the molecule is CCOC(CC)COc1nccc(=O)[nH]1. The van der Waals surface area contributed by atoms with E-state index in [-0.39, 0.29) is 17.7 Å². The largest absolute Gasteiger partial charge is 0.462 e. The van der Waals surface area contributed by atoms with E-state index in [1.165, 1.54) is 12.3 Å². The molecule has 1 atom stereocenters. The second-order valence-electron chi connectivity index (χ2n) is 3.04. The van der Waals surface area contributed by atoms with Crippen LogP contribution < -0.4 is 10.3 Å². The summed E-state index contributed by atoms with van der Waals surface area (Å²) in [7, 11) is 0. The summed E-state index contributed by atoms with van der Waals surface area (Å²) in [6, 6.07) is 1.58. The number of rotatable bonds is 6. The monoisotopic (exact) mass is 212 g/mol. The fourth-order valence-electron chi connectivity index (χ4n) is 1.12. The van der Waals surface area contributed by atoms with E-state index >= 15 is 0 Å². The van der Waals surface area contributed by atoms with Crippen molar-refractivity contribution < 1.29 is 9.47 Å². The first-order chi connectivity index (χ1) is 7.26. The van der Waals surface area contributed by atoms with Gasteiger partial charge in [-0.05, 0) is 13.3 Å². The summed E-state index contributed by atoms with van der Waals surface area (Å²) in [5, 5.41) is 0. The lowest BCUT2D eigenvalue weighted by Crippen LogP contribution is -2.22. The van der Waals surface area contributed by atoms with Crippen LogP contribution in [0.15, 0.2) is 17.1 Å². The van der Waals surface area contributed by atoms with Gasteiger partial charge in [0.25, 0.3) is 11.6 Å². The number of hydrogen-bond donors (Lipinski definition) is 1. The van der Waals surface area contributed by atoms with E-state index in [9.17, 15) is 4.79 Å². The minimum Gasteiger partial charge on any atom is -0.462 e. The number of nitrogens with one attached hydrogen (secondary N) is 1. The molecule has 5 nitrogen and oxygen atoms in total. The van der Waals surface area contributed by atoms with Crippen molar-refractivity contribution in [1.82, 2.24) is 9.97 Å². The maximum Gasteiger partial charge on any atom is 0.296 e. The Bertz CT molecular complexity index is 337. The summed E-state index contributed by atoms with van der Waals surface area (Å²) in [5.74, 6) is 0. The Morgan fingerprint density at radius 2 is 2.33 bits per heavy atom. The lowest BCUT2D eigenvalue weighted by Gasteiger charge is -2.14. The molecule has 0 aliphatic heterocycles. The smallest absolute Gasteiger partial charge is 0.296 e. The third-order valence-electron chi connectivity index (χ3n) is 1.91. The highest BCUT2D eigenvalue weighted by molar-refractivity contribution is 4.93. The molecule has 1 aromatic rings. The van der Waals surface area contributed by atoms with Gasteiger partial charge in [-0.1, -0.05) is 6.92 Å². The van der Waals surface area contributed by atoms with Crippen molar-refractivity contribution in [1.29, 1.82) is 0 Å². The zero-order valence-corrected chi connectivity index (χ0v) is 9.03. The van der Waals surface area contributed by atoms with Crippen LogP contribution in [-0.4, -0.2) is 29.3 Å². The molecule has 0 amide bonds. The van der Waals surface area contributed by atoms with Crippen LogP contribution in [0.2, 0.25) is 0 Å². The molecule has 1 heterocycles. The van der Waals surface area contributed by atoms with Crippen molar-refractivity contribution in [2.75, 3.05) is 13.2 Å². The summed E-state index contributed by atoms with van der Waals surface area (Å²) in [4.78, 5) is 17.3. The normalized spacial score (nSPS) is 12.4. The van der Waals surface area contributed by atoms with E-state index in [0.717, 1.165) is 6.42 Å². The molecule has 0 saturated heterocycles. The van der Waals surface area contributed by atoms with E-state index in [2.05, 4.69) is 9.97 Å². The summed E-state index contributed by atoms with van der Waals surface area (Å²) >= 11 is 0. The van der Waals surface area contributed by atoms with Crippen LogP contribution in [0.25, 0.3) is 0 Å². The highest BCUT2D eigenvalue weighted by atomic mass is 16.5. The van der Waals surface area contributed by atoms with Crippen LogP contribution >= 0.6 is 0 Å². The van der Waals surface area contributed by atoms with Crippen molar-refractivity contribution in [2.24, 2.45) is 0 Å². The molecule has 5 heteroatoms. The Labute approximate surface area is 88.4 Å². The molecule has 0 spiro atoms. The van der Waals surface area contributed by atoms with Crippen LogP contribution in [0.5, 0.6) is 6.01 Å². The molecule has 84 valence electrons. The topological polar surface area (TPSA) is 64.2 Å². The molecular formula is C10H16N2O3. The molecule has 1 unspecified atom stereocenters. The fraction of sp³-hybridized carbons (Fsp3) is 0.600. The molecule has 0 saturated carbocycles. The standard InChI is InChI=1S/C10H16N2O3/c1-3-8(14-4-2)7-15-10-11-6-5-9(13)12-10/h5-6,8H,3-4,7H2,1-2H3,(H,11,12,13). The van der Waals surface area contributed by atoms with Gasteiger partial charge in [-0.25, -0.2) is 4.98 Å². The molecule has 1 aromatic heterocycles. The highest BCUT2D eigenvalue weighted by Crippen LogP contribution is 2.01. The molecule has 0 aliphatic carbocycles. The Hall–Kier alpha value is -1.36. The third kappa shape index (κ3) is 4.12. The first kappa shape index (κ1) is 11.7. The van der Waals surface area contributed by atoms with Crippen molar-refractivity contribution in [2.45, 2.75) is 26.4 Å². The molecule has 1 N–H and O–H groups in total. The summed E-state index contributed by atoms with van der Waals surface area (Å²) in [6.45, 7) is 5.01. The summed E-state index contributed by atoms with van der Waals surface area (Å²) in [6.07, 6.45) is 2.32. The Balaban J connectivity index is 2.45. The second-order valence-corrected chi connectivity index (χ2v) is 3.04. The molecule has 0 aliphatic rings. The zero-order valence-electron chi connectivity index (χ0n) is 9.03. The molecule has 1 rings (SSSR count). The number of H-pyrrole nitrogens is 1. The Morgan fingerprint density at radius 1 is 1.53 bits per heavy atom. The predicted molar refractivity (Wildman–Crippen MR) is 56.1 cm³/mol. The molecule has 0 fully saturated rings. The van der Waals surface area contributed by atoms with Gasteiger partial charge in [-0.2, -0.15) is 0 Å². The number of ether oxygens (including phenoxy) is 2. The van der Waals surface area contributed by atoms with E-state index in [4.69, 9.17) is 9.47 Å². The van der Waals surface area contributed by atoms with Gasteiger partial charge in [-0.3, -0.25) is 9.78 Å². The highest BCUT2D eigenvalue weighted by Gasteiger charge is 2.07. The van der Waals surface area contributed by atoms with Crippen molar-refractivity contribution in [3.63, 3.8) is 0 Å². The van der Waals surface area contributed by atoms with Gasteiger partial charge < -0.3 is 9.47 Å². The van der Waals surface area contributed by atoms with Crippen LogP contribution in [0.4, 0.5) is 0 Å². The van der Waals surface area contributed by atoms with Gasteiger partial charge in [0.2, 0.25) is 0 Å². The fourth-order valence-corrected chi connectivity index (χ4v) is 1.12. The maximum absolute atomic E-state index is 10.9. The number of aromatic nitrogens is 2.